The molecule has 3 N–H and O–H groups in total. The van der Waals surface area contributed by atoms with Crippen molar-refractivity contribution in [3.63, 3.8) is 0 Å². The molecule has 2 nitrogen and oxygen atoms in total. The van der Waals surface area contributed by atoms with E-state index in [0.29, 0.717) is 12.5 Å². The van der Waals surface area contributed by atoms with Gasteiger partial charge >= 0.3 is 0 Å². The standard InChI is InChI=1S/C8H12N2/c9-5-2-1-3-8-4-6-10-7-8/h4,6,8,10H,3,5,7,9H2. The van der Waals surface area contributed by atoms with Gasteiger partial charge in [0.2, 0.25) is 0 Å². The minimum absolute atomic E-state index is 0.476. The van der Waals surface area contributed by atoms with Crippen LogP contribution in [0.5, 0.6) is 0 Å². The fourth-order valence-corrected chi connectivity index (χ4v) is 0.907. The molecule has 1 aliphatic heterocycles. The predicted octanol–water partition coefficient (Wildman–Crippen LogP) is 0.0717. The quantitative estimate of drug-likeness (QED) is 0.501. The number of rotatable bonds is 1. The minimum atomic E-state index is 0.476. The molecule has 0 saturated carbocycles. The molecule has 0 aliphatic carbocycles. The lowest BCUT2D eigenvalue weighted by atomic mass is 10.1. The van der Waals surface area contributed by atoms with Gasteiger partial charge in [-0.1, -0.05) is 12.0 Å². The molecule has 1 atom stereocenters. The van der Waals surface area contributed by atoms with Crippen LogP contribution in [0.2, 0.25) is 0 Å². The Morgan fingerprint density at radius 2 is 2.50 bits per heavy atom. The maximum absolute atomic E-state index is 5.21. The van der Waals surface area contributed by atoms with E-state index in [4.69, 9.17) is 5.73 Å². The highest BCUT2D eigenvalue weighted by atomic mass is 14.9. The van der Waals surface area contributed by atoms with Gasteiger partial charge in [-0.2, -0.15) is 0 Å². The molecule has 10 heavy (non-hydrogen) atoms. The second kappa shape index (κ2) is 3.97. The van der Waals surface area contributed by atoms with E-state index in [1.54, 1.807) is 0 Å². The molecule has 0 aromatic carbocycles. The van der Waals surface area contributed by atoms with Crippen LogP contribution in [0.4, 0.5) is 0 Å². The molecule has 0 fully saturated rings. The number of nitrogens with two attached hydrogens (primary N) is 1. The zero-order chi connectivity index (χ0) is 7.23. The Balaban J connectivity index is 2.19. The Kier molecular flexibility index (Phi) is 2.85. The maximum atomic E-state index is 5.21. The lowest BCUT2D eigenvalue weighted by Crippen LogP contribution is -2.07. The van der Waals surface area contributed by atoms with E-state index in [9.17, 15) is 0 Å². The van der Waals surface area contributed by atoms with Gasteiger partial charge in [-0.25, -0.2) is 0 Å². The highest BCUT2D eigenvalue weighted by Crippen LogP contribution is 2.06. The lowest BCUT2D eigenvalue weighted by Gasteiger charge is -1.98. The van der Waals surface area contributed by atoms with Crippen molar-refractivity contribution < 1.29 is 0 Å². The second-order valence-corrected chi connectivity index (χ2v) is 2.29. The Hall–Kier alpha value is -0.940. The molecule has 0 aromatic heterocycles. The van der Waals surface area contributed by atoms with Crippen molar-refractivity contribution in [2.75, 3.05) is 13.1 Å². The molecule has 0 bridgehead atoms. The van der Waals surface area contributed by atoms with Gasteiger partial charge in [-0.3, -0.25) is 0 Å². The van der Waals surface area contributed by atoms with Gasteiger partial charge in [0.15, 0.2) is 0 Å². The van der Waals surface area contributed by atoms with Gasteiger partial charge in [0.1, 0.15) is 0 Å². The molecule has 2 heteroatoms. The summed E-state index contributed by atoms with van der Waals surface area (Å²) < 4.78 is 0. The fraction of sp³-hybridized carbons (Fsp3) is 0.500. The Morgan fingerprint density at radius 1 is 1.60 bits per heavy atom. The average Bonchev–Trinajstić information content (AvgIpc) is 2.41. The molecule has 0 saturated heterocycles. The summed E-state index contributed by atoms with van der Waals surface area (Å²) in [6.07, 6.45) is 5.06. The summed E-state index contributed by atoms with van der Waals surface area (Å²) in [5.41, 5.74) is 5.21. The summed E-state index contributed by atoms with van der Waals surface area (Å²) in [6.45, 7) is 1.50. The van der Waals surface area contributed by atoms with E-state index in [-0.39, 0.29) is 0 Å². The third-order valence-electron chi connectivity index (χ3n) is 1.46. The van der Waals surface area contributed by atoms with Crippen LogP contribution in [0.1, 0.15) is 6.42 Å². The van der Waals surface area contributed by atoms with E-state index in [1.807, 2.05) is 6.20 Å². The van der Waals surface area contributed by atoms with E-state index in [0.717, 1.165) is 13.0 Å². The van der Waals surface area contributed by atoms with Gasteiger partial charge in [0.25, 0.3) is 0 Å². The van der Waals surface area contributed by atoms with Crippen LogP contribution >= 0.6 is 0 Å². The molecule has 0 amide bonds. The first kappa shape index (κ1) is 7.17. The molecule has 1 heterocycles. The number of hydrogen-bond acceptors (Lipinski definition) is 2. The van der Waals surface area contributed by atoms with Gasteiger partial charge in [0.05, 0.1) is 6.54 Å². The van der Waals surface area contributed by atoms with Crippen molar-refractivity contribution >= 4 is 0 Å². The van der Waals surface area contributed by atoms with Gasteiger partial charge < -0.3 is 11.1 Å². The molecular weight excluding hydrogens is 124 g/mol. The summed E-state index contributed by atoms with van der Waals surface area (Å²) in [5, 5.41) is 3.12. The van der Waals surface area contributed by atoms with Gasteiger partial charge in [0, 0.05) is 18.9 Å². The van der Waals surface area contributed by atoms with Crippen molar-refractivity contribution in [1.82, 2.24) is 5.32 Å². The Labute approximate surface area is 61.5 Å². The van der Waals surface area contributed by atoms with Crippen molar-refractivity contribution in [2.24, 2.45) is 11.7 Å². The third-order valence-corrected chi connectivity index (χ3v) is 1.46. The van der Waals surface area contributed by atoms with Gasteiger partial charge in [-0.05, 0) is 6.20 Å². The number of hydrogen-bond donors (Lipinski definition) is 2. The van der Waals surface area contributed by atoms with Crippen LogP contribution < -0.4 is 11.1 Å². The van der Waals surface area contributed by atoms with Crippen molar-refractivity contribution in [3.05, 3.63) is 12.3 Å². The molecule has 1 aliphatic rings. The van der Waals surface area contributed by atoms with E-state index >= 15 is 0 Å². The second-order valence-electron chi connectivity index (χ2n) is 2.29. The lowest BCUT2D eigenvalue weighted by molar-refractivity contribution is 0.676. The Morgan fingerprint density at radius 3 is 3.10 bits per heavy atom. The molecule has 54 valence electrons. The number of nitrogens with one attached hydrogen (secondary N) is 1. The van der Waals surface area contributed by atoms with E-state index < -0.39 is 0 Å². The van der Waals surface area contributed by atoms with Crippen LogP contribution in [0.3, 0.4) is 0 Å². The van der Waals surface area contributed by atoms with Crippen molar-refractivity contribution in [1.29, 1.82) is 0 Å². The monoisotopic (exact) mass is 136 g/mol. The van der Waals surface area contributed by atoms with E-state index in [2.05, 4.69) is 23.2 Å². The summed E-state index contributed by atoms with van der Waals surface area (Å²) >= 11 is 0. The molecule has 1 rings (SSSR count). The van der Waals surface area contributed by atoms with Crippen molar-refractivity contribution in [3.8, 4) is 11.8 Å². The SMILES string of the molecule is NCC#CCC1C=CNC1. The highest BCUT2D eigenvalue weighted by Gasteiger charge is 2.04. The highest BCUT2D eigenvalue weighted by molar-refractivity contribution is 5.06. The summed E-state index contributed by atoms with van der Waals surface area (Å²) in [6, 6.07) is 0. The van der Waals surface area contributed by atoms with Crippen LogP contribution in [0.25, 0.3) is 0 Å². The first-order valence-electron chi connectivity index (χ1n) is 3.49. The summed E-state index contributed by atoms with van der Waals surface area (Å²) in [4.78, 5) is 0. The smallest absolute Gasteiger partial charge is 0.0551 e. The van der Waals surface area contributed by atoms with Crippen LogP contribution in [0, 0.1) is 17.8 Å². The largest absolute Gasteiger partial charge is 0.391 e. The molecule has 0 aromatic rings. The molecule has 1 unspecified atom stereocenters. The van der Waals surface area contributed by atoms with Gasteiger partial charge in [-0.15, -0.1) is 5.92 Å². The van der Waals surface area contributed by atoms with Crippen molar-refractivity contribution in [2.45, 2.75) is 6.42 Å². The van der Waals surface area contributed by atoms with Crippen LogP contribution in [0.15, 0.2) is 12.3 Å². The molecule has 0 spiro atoms. The first-order valence-corrected chi connectivity index (χ1v) is 3.49. The maximum Gasteiger partial charge on any atom is 0.0551 e. The molecular formula is C8H12N2. The fourth-order valence-electron chi connectivity index (χ4n) is 0.907. The zero-order valence-corrected chi connectivity index (χ0v) is 5.93. The third kappa shape index (κ3) is 2.12. The topological polar surface area (TPSA) is 38.0 Å². The molecule has 0 radical (unpaired) electrons. The van der Waals surface area contributed by atoms with Crippen LogP contribution in [-0.4, -0.2) is 13.1 Å². The minimum Gasteiger partial charge on any atom is -0.391 e. The summed E-state index contributed by atoms with van der Waals surface area (Å²) in [7, 11) is 0. The zero-order valence-electron chi connectivity index (χ0n) is 5.93. The Bertz CT molecular complexity index is 173. The van der Waals surface area contributed by atoms with Crippen LogP contribution in [-0.2, 0) is 0 Å². The van der Waals surface area contributed by atoms with E-state index in [1.165, 1.54) is 0 Å². The average molecular weight is 136 g/mol. The first-order chi connectivity index (χ1) is 4.93. The normalized spacial score (nSPS) is 21.5. The predicted molar refractivity (Wildman–Crippen MR) is 42.1 cm³/mol. The summed E-state index contributed by atoms with van der Waals surface area (Å²) in [5.74, 6) is 6.45.